The molecule has 6 atom stereocenters. The molecule has 6 unspecified atom stereocenters. The van der Waals surface area contributed by atoms with Crippen LogP contribution in [0.5, 0.6) is 0 Å². The van der Waals surface area contributed by atoms with Gasteiger partial charge in [0, 0.05) is 13.0 Å². The highest BCUT2D eigenvalue weighted by atomic mass is 16.7. The van der Waals surface area contributed by atoms with Crippen LogP contribution in [0.4, 0.5) is 0 Å². The van der Waals surface area contributed by atoms with Gasteiger partial charge < -0.3 is 39.4 Å². The number of ether oxygens (including phenoxy) is 4. The topological polar surface area (TPSA) is 135 Å². The average Bonchev–Trinajstić information content (AvgIpc) is 2.90. The summed E-state index contributed by atoms with van der Waals surface area (Å²) in [6.07, 6.45) is 12.9. The van der Waals surface area contributed by atoms with Gasteiger partial charge in [0.05, 0.1) is 19.8 Å². The largest absolute Gasteiger partial charge is 0.457 e. The molecule has 0 radical (unpaired) electrons. The Hall–Kier alpha value is -1.33. The van der Waals surface area contributed by atoms with E-state index in [4.69, 9.17) is 18.9 Å². The predicted molar refractivity (Wildman–Crippen MR) is 141 cm³/mol. The average molecular weight is 531 g/mol. The Morgan fingerprint density at radius 1 is 0.865 bits per heavy atom. The lowest BCUT2D eigenvalue weighted by atomic mass is 9.99. The quantitative estimate of drug-likeness (QED) is 0.100. The van der Waals surface area contributed by atoms with Gasteiger partial charge in [-0.25, -0.2) is 0 Å². The van der Waals surface area contributed by atoms with Crippen molar-refractivity contribution in [2.24, 2.45) is 0 Å². The summed E-state index contributed by atoms with van der Waals surface area (Å²) in [5.74, 6) is -0.409. The van der Waals surface area contributed by atoms with Crippen LogP contribution in [0, 0.1) is 0 Å². The predicted octanol–water partition coefficient (Wildman–Crippen LogP) is 3.17. The number of carbonyl (C=O) groups excluding carboxylic acids is 1. The molecule has 0 aromatic heterocycles. The second-order valence-corrected chi connectivity index (χ2v) is 9.45. The molecule has 0 aromatic rings. The molecule has 1 aliphatic heterocycles. The van der Waals surface area contributed by atoms with Crippen LogP contribution in [0.3, 0.4) is 0 Å². The number of hydrogen-bond acceptors (Lipinski definition) is 9. The van der Waals surface area contributed by atoms with E-state index >= 15 is 0 Å². The van der Waals surface area contributed by atoms with E-state index in [0.29, 0.717) is 6.61 Å². The number of aliphatic hydroxyl groups excluding tert-OH is 4. The van der Waals surface area contributed by atoms with Crippen LogP contribution in [0.2, 0.25) is 0 Å². The minimum atomic E-state index is -1.53. The van der Waals surface area contributed by atoms with Crippen LogP contribution in [-0.4, -0.2) is 89.6 Å². The fraction of sp³-hybridized carbons (Fsp3) is 0.821. The van der Waals surface area contributed by atoms with Gasteiger partial charge in [-0.15, -0.1) is 0 Å². The van der Waals surface area contributed by atoms with Crippen molar-refractivity contribution in [2.75, 3.05) is 26.4 Å². The van der Waals surface area contributed by atoms with Crippen LogP contribution in [0.1, 0.15) is 84.5 Å². The van der Waals surface area contributed by atoms with E-state index in [0.717, 1.165) is 38.5 Å². The summed E-state index contributed by atoms with van der Waals surface area (Å²) in [5, 5.41) is 39.2. The molecule has 0 saturated carbocycles. The first-order chi connectivity index (χ1) is 17.9. The standard InChI is InChI=1S/C28H50O9/c1-3-5-6-7-8-9-10-11-12-13-14-15-16-17-18-34-20-22(36-24(30)4-2)21-35-28-27(33)26(32)25(31)23(19-29)37-28/h6-7,9-10,22-23,25-29,31-33H,3-5,8,11-21H2,1-2H3/b7-6-,10-9-. The molecule has 0 amide bonds. The monoisotopic (exact) mass is 530 g/mol. The number of hydrogen-bond donors (Lipinski definition) is 4. The minimum absolute atomic E-state index is 0.127. The Kier molecular flexibility index (Phi) is 19.7. The third-order valence-corrected chi connectivity index (χ3v) is 6.16. The summed E-state index contributed by atoms with van der Waals surface area (Å²) in [4.78, 5) is 11.8. The Balaban J connectivity index is 2.19. The SMILES string of the molecule is CCC/C=C\C/C=C\CCCCCCCCOCC(COC1OC(CO)C(O)C(O)C1O)OC(=O)CC. The van der Waals surface area contributed by atoms with Crippen LogP contribution >= 0.6 is 0 Å². The minimum Gasteiger partial charge on any atom is -0.457 e. The molecular weight excluding hydrogens is 480 g/mol. The van der Waals surface area contributed by atoms with Gasteiger partial charge >= 0.3 is 5.97 Å². The van der Waals surface area contributed by atoms with Crippen molar-refractivity contribution >= 4 is 5.97 Å². The molecule has 0 aromatic carbocycles. The molecule has 37 heavy (non-hydrogen) atoms. The van der Waals surface area contributed by atoms with Crippen molar-refractivity contribution in [2.45, 2.75) is 121 Å². The second-order valence-electron chi connectivity index (χ2n) is 9.45. The summed E-state index contributed by atoms with van der Waals surface area (Å²) < 4.78 is 21.9. The summed E-state index contributed by atoms with van der Waals surface area (Å²) in [5.41, 5.74) is 0. The molecule has 1 saturated heterocycles. The summed E-state index contributed by atoms with van der Waals surface area (Å²) >= 11 is 0. The lowest BCUT2D eigenvalue weighted by Gasteiger charge is -2.39. The van der Waals surface area contributed by atoms with E-state index < -0.39 is 49.4 Å². The fourth-order valence-electron chi connectivity index (χ4n) is 3.85. The van der Waals surface area contributed by atoms with Crippen molar-refractivity contribution < 1.29 is 44.2 Å². The van der Waals surface area contributed by atoms with Crippen molar-refractivity contribution in [3.8, 4) is 0 Å². The lowest BCUT2D eigenvalue weighted by Crippen LogP contribution is -2.59. The third kappa shape index (κ3) is 15.0. The molecule has 1 fully saturated rings. The number of allylic oxidation sites excluding steroid dienone is 4. The Bertz CT molecular complexity index is 623. The first-order valence-electron chi connectivity index (χ1n) is 13.9. The van der Waals surface area contributed by atoms with Gasteiger partial charge in [0.15, 0.2) is 6.29 Å². The van der Waals surface area contributed by atoms with E-state index in [1.165, 1.54) is 25.7 Å². The highest BCUT2D eigenvalue weighted by molar-refractivity contribution is 5.69. The molecule has 9 heteroatoms. The number of unbranched alkanes of at least 4 members (excludes halogenated alkanes) is 7. The van der Waals surface area contributed by atoms with Crippen LogP contribution in [-0.2, 0) is 23.7 Å². The van der Waals surface area contributed by atoms with Crippen LogP contribution in [0.15, 0.2) is 24.3 Å². The first-order valence-corrected chi connectivity index (χ1v) is 13.9. The van der Waals surface area contributed by atoms with Gasteiger partial charge in [0.25, 0.3) is 0 Å². The van der Waals surface area contributed by atoms with Crippen molar-refractivity contribution in [1.29, 1.82) is 0 Å². The molecule has 1 rings (SSSR count). The van der Waals surface area contributed by atoms with Gasteiger partial charge in [0.1, 0.15) is 30.5 Å². The molecule has 0 aliphatic carbocycles. The van der Waals surface area contributed by atoms with Crippen molar-refractivity contribution in [3.05, 3.63) is 24.3 Å². The highest BCUT2D eigenvalue weighted by Gasteiger charge is 2.44. The van der Waals surface area contributed by atoms with Crippen LogP contribution < -0.4 is 0 Å². The number of rotatable bonds is 21. The molecule has 4 N–H and O–H groups in total. The highest BCUT2D eigenvalue weighted by Crippen LogP contribution is 2.22. The first kappa shape index (κ1) is 33.7. The molecule has 1 aliphatic rings. The smallest absolute Gasteiger partial charge is 0.305 e. The normalized spacial score (nSPS) is 25.2. The summed E-state index contributed by atoms with van der Waals surface area (Å²) in [7, 11) is 0. The Morgan fingerprint density at radius 3 is 2.22 bits per heavy atom. The summed E-state index contributed by atoms with van der Waals surface area (Å²) in [6, 6.07) is 0. The number of carbonyl (C=O) groups is 1. The van der Waals surface area contributed by atoms with Gasteiger partial charge in [-0.1, -0.05) is 70.3 Å². The zero-order chi connectivity index (χ0) is 27.3. The molecule has 216 valence electrons. The fourth-order valence-corrected chi connectivity index (χ4v) is 3.85. The van der Waals surface area contributed by atoms with Crippen LogP contribution in [0.25, 0.3) is 0 Å². The maximum absolute atomic E-state index is 11.8. The van der Waals surface area contributed by atoms with E-state index in [1.807, 2.05) is 0 Å². The summed E-state index contributed by atoms with van der Waals surface area (Å²) in [6.45, 7) is 3.86. The zero-order valence-corrected chi connectivity index (χ0v) is 22.7. The zero-order valence-electron chi connectivity index (χ0n) is 22.7. The van der Waals surface area contributed by atoms with Gasteiger partial charge in [0.2, 0.25) is 0 Å². The Labute approximate surface area is 222 Å². The third-order valence-electron chi connectivity index (χ3n) is 6.16. The molecular formula is C28H50O9. The molecule has 9 nitrogen and oxygen atoms in total. The number of esters is 1. The maximum atomic E-state index is 11.8. The van der Waals surface area contributed by atoms with Crippen molar-refractivity contribution in [1.82, 2.24) is 0 Å². The van der Waals surface area contributed by atoms with Gasteiger partial charge in [-0.3, -0.25) is 4.79 Å². The van der Waals surface area contributed by atoms with E-state index in [-0.39, 0.29) is 19.6 Å². The lowest BCUT2D eigenvalue weighted by molar-refractivity contribution is -0.305. The number of aliphatic hydroxyl groups is 4. The van der Waals surface area contributed by atoms with E-state index in [1.54, 1.807) is 6.92 Å². The maximum Gasteiger partial charge on any atom is 0.305 e. The van der Waals surface area contributed by atoms with Gasteiger partial charge in [-0.2, -0.15) is 0 Å². The molecule has 1 heterocycles. The van der Waals surface area contributed by atoms with Gasteiger partial charge in [-0.05, 0) is 32.1 Å². The molecule has 0 spiro atoms. The van der Waals surface area contributed by atoms with E-state index in [9.17, 15) is 25.2 Å². The van der Waals surface area contributed by atoms with Crippen molar-refractivity contribution in [3.63, 3.8) is 0 Å². The second kappa shape index (κ2) is 21.6. The Morgan fingerprint density at radius 2 is 1.54 bits per heavy atom. The molecule has 0 bridgehead atoms. The van der Waals surface area contributed by atoms with E-state index in [2.05, 4.69) is 31.2 Å².